The number of hydrogen-bond acceptors (Lipinski definition) is 5. The van der Waals surface area contributed by atoms with E-state index in [2.05, 4.69) is 20.6 Å². The first kappa shape index (κ1) is 17.1. The maximum absolute atomic E-state index is 12.4. The molecule has 3 aromatic rings. The highest BCUT2D eigenvalue weighted by Crippen LogP contribution is 2.23. The third kappa shape index (κ3) is 4.40. The fourth-order valence-electron chi connectivity index (χ4n) is 2.05. The lowest BCUT2D eigenvalue weighted by Crippen LogP contribution is -2.23. The largest absolute Gasteiger partial charge is 0.347 e. The molecule has 0 spiro atoms. The Balaban J connectivity index is 1.65. The second kappa shape index (κ2) is 7.87. The van der Waals surface area contributed by atoms with Crippen LogP contribution in [0, 0.1) is 0 Å². The molecule has 0 aliphatic carbocycles. The van der Waals surface area contributed by atoms with Gasteiger partial charge in [0.1, 0.15) is 10.6 Å². The average molecular weight is 373 g/mol. The number of hydrogen-bond donors (Lipinski definition) is 2. The third-order valence-corrected chi connectivity index (χ3v) is 4.45. The molecule has 3 rings (SSSR count). The Morgan fingerprint density at radius 3 is 2.60 bits per heavy atom. The summed E-state index contributed by atoms with van der Waals surface area (Å²) < 4.78 is 0. The zero-order valence-electron chi connectivity index (χ0n) is 12.9. The summed E-state index contributed by atoms with van der Waals surface area (Å²) in [6.07, 6.45) is 4.28. The summed E-state index contributed by atoms with van der Waals surface area (Å²) in [7, 11) is 0. The van der Waals surface area contributed by atoms with E-state index in [1.807, 2.05) is 12.1 Å². The third-order valence-electron chi connectivity index (χ3n) is 3.28. The van der Waals surface area contributed by atoms with E-state index in [0.29, 0.717) is 22.1 Å². The molecular weight excluding hydrogens is 360 g/mol. The number of rotatable bonds is 5. The van der Waals surface area contributed by atoms with Crippen LogP contribution in [0.3, 0.4) is 0 Å². The SMILES string of the molecule is O=C(Nc1ccsc1C(=O)NCc1ccc(Cl)cc1)c1cnccn1. The molecule has 0 radical (unpaired) electrons. The summed E-state index contributed by atoms with van der Waals surface area (Å²) in [6.45, 7) is 0.367. The minimum absolute atomic E-state index is 0.182. The minimum atomic E-state index is -0.418. The molecule has 0 unspecified atom stereocenters. The zero-order valence-corrected chi connectivity index (χ0v) is 14.5. The number of thiophene rings is 1. The smallest absolute Gasteiger partial charge is 0.275 e. The van der Waals surface area contributed by atoms with Crippen molar-refractivity contribution in [2.24, 2.45) is 0 Å². The lowest BCUT2D eigenvalue weighted by Gasteiger charge is -2.07. The van der Waals surface area contributed by atoms with Crippen molar-refractivity contribution in [1.82, 2.24) is 15.3 Å². The average Bonchev–Trinajstić information content (AvgIpc) is 3.10. The number of aromatic nitrogens is 2. The van der Waals surface area contributed by atoms with Crippen molar-refractivity contribution < 1.29 is 9.59 Å². The summed E-state index contributed by atoms with van der Waals surface area (Å²) >= 11 is 7.09. The molecular formula is C17H13ClN4O2S. The Bertz CT molecular complexity index is 881. The van der Waals surface area contributed by atoms with Gasteiger partial charge in [-0.15, -0.1) is 11.3 Å². The van der Waals surface area contributed by atoms with Crippen LogP contribution in [0.5, 0.6) is 0 Å². The van der Waals surface area contributed by atoms with Crippen LogP contribution < -0.4 is 10.6 Å². The van der Waals surface area contributed by atoms with E-state index in [1.54, 1.807) is 23.6 Å². The molecule has 8 heteroatoms. The second-order valence-corrected chi connectivity index (χ2v) is 6.37. The number of anilines is 1. The van der Waals surface area contributed by atoms with Crippen molar-refractivity contribution in [3.8, 4) is 0 Å². The summed E-state index contributed by atoms with van der Waals surface area (Å²) in [5.41, 5.74) is 1.55. The molecule has 0 aliphatic heterocycles. The van der Waals surface area contributed by atoms with Gasteiger partial charge in [0.15, 0.2) is 0 Å². The maximum Gasteiger partial charge on any atom is 0.275 e. The van der Waals surface area contributed by atoms with Crippen molar-refractivity contribution in [2.75, 3.05) is 5.32 Å². The number of carbonyl (C=O) groups excluding carboxylic acids is 2. The fraction of sp³-hybridized carbons (Fsp3) is 0.0588. The number of nitrogens with one attached hydrogen (secondary N) is 2. The Labute approximate surface area is 152 Å². The van der Waals surface area contributed by atoms with E-state index in [9.17, 15) is 9.59 Å². The second-order valence-electron chi connectivity index (χ2n) is 5.02. The zero-order chi connectivity index (χ0) is 17.6. The molecule has 2 amide bonds. The molecule has 126 valence electrons. The van der Waals surface area contributed by atoms with Gasteiger partial charge in [-0.1, -0.05) is 23.7 Å². The van der Waals surface area contributed by atoms with E-state index in [0.717, 1.165) is 5.56 Å². The van der Waals surface area contributed by atoms with Crippen LogP contribution in [0.4, 0.5) is 5.69 Å². The highest BCUT2D eigenvalue weighted by atomic mass is 35.5. The topological polar surface area (TPSA) is 84.0 Å². The Morgan fingerprint density at radius 2 is 1.88 bits per heavy atom. The lowest BCUT2D eigenvalue weighted by molar-refractivity contribution is 0.0956. The summed E-state index contributed by atoms with van der Waals surface area (Å²) in [5, 5.41) is 7.89. The van der Waals surface area contributed by atoms with E-state index in [4.69, 9.17) is 11.6 Å². The Hall–Kier alpha value is -2.77. The Morgan fingerprint density at radius 1 is 1.08 bits per heavy atom. The van der Waals surface area contributed by atoms with Crippen molar-refractivity contribution in [1.29, 1.82) is 0 Å². The first-order valence-corrected chi connectivity index (χ1v) is 8.57. The van der Waals surface area contributed by atoms with Gasteiger partial charge in [-0.05, 0) is 29.1 Å². The van der Waals surface area contributed by atoms with E-state index in [1.165, 1.54) is 29.9 Å². The van der Waals surface area contributed by atoms with Crippen molar-refractivity contribution >= 4 is 40.4 Å². The molecule has 2 heterocycles. The predicted molar refractivity (Wildman–Crippen MR) is 96.9 cm³/mol. The molecule has 2 aromatic heterocycles. The molecule has 6 nitrogen and oxygen atoms in total. The molecule has 0 aliphatic rings. The van der Waals surface area contributed by atoms with Crippen molar-refractivity contribution in [2.45, 2.75) is 6.54 Å². The number of nitrogens with zero attached hydrogens (tertiary/aromatic N) is 2. The van der Waals surface area contributed by atoms with Gasteiger partial charge in [0.25, 0.3) is 11.8 Å². The standard InChI is InChI=1S/C17H13ClN4O2S/c18-12-3-1-11(2-4-12)9-21-17(24)15-13(5-8-25-15)22-16(23)14-10-19-6-7-20-14/h1-8,10H,9H2,(H,21,24)(H,22,23). The monoisotopic (exact) mass is 372 g/mol. The molecule has 0 atom stereocenters. The number of amides is 2. The molecule has 0 saturated heterocycles. The van der Waals surface area contributed by atoms with Gasteiger partial charge in [0.05, 0.1) is 11.9 Å². The molecule has 2 N–H and O–H groups in total. The maximum atomic E-state index is 12.4. The quantitative estimate of drug-likeness (QED) is 0.719. The number of halogens is 1. The van der Waals surface area contributed by atoms with Gasteiger partial charge in [-0.3, -0.25) is 14.6 Å². The van der Waals surface area contributed by atoms with Gasteiger partial charge in [-0.2, -0.15) is 0 Å². The molecule has 1 aromatic carbocycles. The van der Waals surface area contributed by atoms with Gasteiger partial charge < -0.3 is 10.6 Å². The van der Waals surface area contributed by atoms with Gasteiger partial charge in [-0.25, -0.2) is 4.98 Å². The minimum Gasteiger partial charge on any atom is -0.347 e. The molecule has 0 bridgehead atoms. The summed E-state index contributed by atoms with van der Waals surface area (Å²) in [4.78, 5) is 32.7. The van der Waals surface area contributed by atoms with Crippen LogP contribution in [-0.2, 0) is 6.54 Å². The number of carbonyl (C=O) groups is 2. The van der Waals surface area contributed by atoms with Crippen LogP contribution in [0.2, 0.25) is 5.02 Å². The molecule has 0 fully saturated rings. The van der Waals surface area contributed by atoms with Crippen LogP contribution in [0.25, 0.3) is 0 Å². The van der Waals surface area contributed by atoms with Gasteiger partial charge in [0.2, 0.25) is 0 Å². The van der Waals surface area contributed by atoms with Crippen molar-refractivity contribution in [3.05, 3.63) is 75.5 Å². The van der Waals surface area contributed by atoms with E-state index >= 15 is 0 Å². The van der Waals surface area contributed by atoms with Crippen LogP contribution in [0.15, 0.2) is 54.3 Å². The van der Waals surface area contributed by atoms with E-state index < -0.39 is 5.91 Å². The predicted octanol–water partition coefficient (Wildman–Crippen LogP) is 3.37. The van der Waals surface area contributed by atoms with E-state index in [-0.39, 0.29) is 11.6 Å². The molecule has 25 heavy (non-hydrogen) atoms. The number of benzene rings is 1. The summed E-state index contributed by atoms with van der Waals surface area (Å²) in [6, 6.07) is 8.89. The van der Waals surface area contributed by atoms with Crippen LogP contribution in [0.1, 0.15) is 25.7 Å². The first-order valence-electron chi connectivity index (χ1n) is 7.31. The molecule has 0 saturated carbocycles. The van der Waals surface area contributed by atoms with Crippen molar-refractivity contribution in [3.63, 3.8) is 0 Å². The van der Waals surface area contributed by atoms with Crippen LogP contribution in [-0.4, -0.2) is 21.8 Å². The van der Waals surface area contributed by atoms with Gasteiger partial charge in [0, 0.05) is 24.0 Å². The Kier molecular flexibility index (Phi) is 5.37. The van der Waals surface area contributed by atoms with Gasteiger partial charge >= 0.3 is 0 Å². The normalized spacial score (nSPS) is 10.3. The van der Waals surface area contributed by atoms with Crippen LogP contribution >= 0.6 is 22.9 Å². The first-order chi connectivity index (χ1) is 12.1. The fourth-order valence-corrected chi connectivity index (χ4v) is 2.94. The summed E-state index contributed by atoms with van der Waals surface area (Å²) in [5.74, 6) is -0.683. The lowest BCUT2D eigenvalue weighted by atomic mass is 10.2. The highest BCUT2D eigenvalue weighted by Gasteiger charge is 2.16. The highest BCUT2D eigenvalue weighted by molar-refractivity contribution is 7.12.